The van der Waals surface area contributed by atoms with Gasteiger partial charge in [0.05, 0.1) is 12.4 Å². The fraction of sp³-hybridized carbons (Fsp3) is 0.733. The topological polar surface area (TPSA) is 84.3 Å². The first kappa shape index (κ1) is 17.9. The Bertz CT molecular complexity index is 651. The molecule has 130 valence electrons. The first-order chi connectivity index (χ1) is 10.7. The van der Waals surface area contributed by atoms with Crippen LogP contribution in [0.3, 0.4) is 0 Å². The van der Waals surface area contributed by atoms with Gasteiger partial charge in [-0.1, -0.05) is 13.8 Å². The Hall–Kier alpha value is -1.41. The summed E-state index contributed by atoms with van der Waals surface area (Å²) in [4.78, 5) is 18.3. The van der Waals surface area contributed by atoms with Gasteiger partial charge in [0.25, 0.3) is 15.9 Å². The smallest absolute Gasteiger partial charge is 0.283 e. The van der Waals surface area contributed by atoms with E-state index in [1.54, 1.807) is 4.57 Å². The van der Waals surface area contributed by atoms with Crippen molar-refractivity contribution in [1.29, 1.82) is 0 Å². The number of likely N-dealkylation sites (tertiary alicyclic amines) is 1. The second kappa shape index (κ2) is 7.00. The molecule has 2 heterocycles. The van der Waals surface area contributed by atoms with Gasteiger partial charge >= 0.3 is 0 Å². The number of imidazole rings is 1. The van der Waals surface area contributed by atoms with Crippen molar-refractivity contribution >= 4 is 15.9 Å². The van der Waals surface area contributed by atoms with Crippen molar-refractivity contribution in [2.24, 2.45) is 5.92 Å². The van der Waals surface area contributed by atoms with E-state index in [4.69, 9.17) is 0 Å². The molecular weight excluding hydrogens is 316 g/mol. The van der Waals surface area contributed by atoms with Crippen LogP contribution in [0.4, 0.5) is 0 Å². The average Bonchev–Trinajstić information content (AvgIpc) is 3.05. The molecule has 1 N–H and O–H groups in total. The van der Waals surface area contributed by atoms with Crippen molar-refractivity contribution in [2.75, 3.05) is 6.54 Å². The molecule has 0 spiro atoms. The fourth-order valence-electron chi connectivity index (χ4n) is 2.94. The normalized spacial score (nSPS) is 19.7. The molecule has 1 saturated heterocycles. The number of amides is 1. The van der Waals surface area contributed by atoms with Gasteiger partial charge in [-0.25, -0.2) is 9.71 Å². The SMILES string of the molecule is CC(C)Cn1cnc(S(=O)(=O)NC(=O)C2CCCN2C(C)C)c1. The van der Waals surface area contributed by atoms with Crippen LogP contribution in [-0.4, -0.2) is 47.4 Å². The van der Waals surface area contributed by atoms with Crippen LogP contribution < -0.4 is 4.72 Å². The lowest BCUT2D eigenvalue weighted by Crippen LogP contribution is -2.47. The largest absolute Gasteiger partial charge is 0.336 e. The number of hydrogen-bond acceptors (Lipinski definition) is 5. The van der Waals surface area contributed by atoms with Crippen molar-refractivity contribution in [3.63, 3.8) is 0 Å². The highest BCUT2D eigenvalue weighted by Crippen LogP contribution is 2.20. The minimum atomic E-state index is -3.92. The van der Waals surface area contributed by atoms with Gasteiger partial charge in [0.2, 0.25) is 0 Å². The molecule has 1 fully saturated rings. The van der Waals surface area contributed by atoms with Crippen LogP contribution in [0, 0.1) is 5.92 Å². The summed E-state index contributed by atoms with van der Waals surface area (Å²) in [7, 11) is -3.92. The Kier molecular flexibility index (Phi) is 5.46. The summed E-state index contributed by atoms with van der Waals surface area (Å²) < 4.78 is 28.6. The first-order valence-electron chi connectivity index (χ1n) is 8.05. The molecule has 0 radical (unpaired) electrons. The third-order valence-corrected chi connectivity index (χ3v) is 5.19. The van der Waals surface area contributed by atoms with Crippen molar-refractivity contribution < 1.29 is 13.2 Å². The Morgan fingerprint density at radius 3 is 2.70 bits per heavy atom. The second-order valence-electron chi connectivity index (χ2n) is 6.76. The summed E-state index contributed by atoms with van der Waals surface area (Å²) in [5.74, 6) is -0.0814. The van der Waals surface area contributed by atoms with Crippen LogP contribution in [0.25, 0.3) is 0 Å². The predicted molar refractivity (Wildman–Crippen MR) is 87.3 cm³/mol. The molecule has 1 amide bonds. The van der Waals surface area contributed by atoms with Gasteiger partial charge in [0, 0.05) is 18.8 Å². The van der Waals surface area contributed by atoms with Gasteiger partial charge < -0.3 is 4.57 Å². The summed E-state index contributed by atoms with van der Waals surface area (Å²) in [6, 6.07) is -0.177. The summed E-state index contributed by atoms with van der Waals surface area (Å²) in [6.07, 6.45) is 4.53. The van der Waals surface area contributed by atoms with Crippen LogP contribution in [0.15, 0.2) is 17.6 Å². The van der Waals surface area contributed by atoms with E-state index in [1.165, 1.54) is 12.5 Å². The lowest BCUT2D eigenvalue weighted by molar-refractivity contribution is -0.124. The maximum Gasteiger partial charge on any atom is 0.283 e. The lowest BCUT2D eigenvalue weighted by atomic mass is 10.2. The highest BCUT2D eigenvalue weighted by molar-refractivity contribution is 7.90. The monoisotopic (exact) mass is 342 g/mol. The summed E-state index contributed by atoms with van der Waals surface area (Å²) >= 11 is 0. The molecule has 7 nitrogen and oxygen atoms in total. The molecule has 8 heteroatoms. The molecule has 0 bridgehead atoms. The van der Waals surface area contributed by atoms with Gasteiger partial charge in [-0.05, 0) is 39.2 Å². The van der Waals surface area contributed by atoms with E-state index in [1.807, 2.05) is 32.6 Å². The lowest BCUT2D eigenvalue weighted by Gasteiger charge is -2.26. The third kappa shape index (κ3) is 4.32. The Labute approximate surface area is 138 Å². The second-order valence-corrected chi connectivity index (χ2v) is 8.39. The van der Waals surface area contributed by atoms with Crippen LogP contribution >= 0.6 is 0 Å². The van der Waals surface area contributed by atoms with Gasteiger partial charge in [0.1, 0.15) is 0 Å². The number of nitrogens with zero attached hydrogens (tertiary/aromatic N) is 3. The van der Waals surface area contributed by atoms with Crippen LogP contribution in [0.5, 0.6) is 0 Å². The van der Waals surface area contributed by atoms with Gasteiger partial charge in [-0.15, -0.1) is 0 Å². The van der Waals surface area contributed by atoms with E-state index in [2.05, 4.69) is 9.71 Å². The Morgan fingerprint density at radius 1 is 1.39 bits per heavy atom. The van der Waals surface area contributed by atoms with Crippen molar-refractivity contribution in [3.05, 3.63) is 12.5 Å². The van der Waals surface area contributed by atoms with Crippen LogP contribution in [0.1, 0.15) is 40.5 Å². The molecule has 1 aromatic rings. The maximum atomic E-state index is 12.4. The molecule has 1 aliphatic rings. The van der Waals surface area contributed by atoms with Crippen LogP contribution in [-0.2, 0) is 21.4 Å². The molecule has 23 heavy (non-hydrogen) atoms. The number of carbonyl (C=O) groups is 1. The molecule has 0 aliphatic carbocycles. The quantitative estimate of drug-likeness (QED) is 0.840. The fourth-order valence-corrected chi connectivity index (χ4v) is 3.91. The molecule has 2 rings (SSSR count). The van der Waals surface area contributed by atoms with E-state index in [0.29, 0.717) is 18.9 Å². The molecule has 0 saturated carbocycles. The molecular formula is C15H26N4O3S. The number of aromatic nitrogens is 2. The summed E-state index contributed by atoms with van der Waals surface area (Å²) in [5.41, 5.74) is 0. The van der Waals surface area contributed by atoms with Crippen molar-refractivity contribution in [3.8, 4) is 0 Å². The van der Waals surface area contributed by atoms with E-state index in [0.717, 1.165) is 13.0 Å². The van der Waals surface area contributed by atoms with E-state index < -0.39 is 15.9 Å². The number of hydrogen-bond donors (Lipinski definition) is 1. The molecule has 1 aromatic heterocycles. The zero-order valence-electron chi connectivity index (χ0n) is 14.2. The third-order valence-electron chi connectivity index (χ3n) is 3.96. The number of carbonyl (C=O) groups excluding carboxylic acids is 1. The summed E-state index contributed by atoms with van der Waals surface area (Å²) in [5, 5.41) is -0.111. The molecule has 1 atom stereocenters. The van der Waals surface area contributed by atoms with Gasteiger partial charge in [0.15, 0.2) is 5.03 Å². The molecule has 0 aromatic carbocycles. The minimum absolute atomic E-state index is 0.111. The zero-order valence-corrected chi connectivity index (χ0v) is 15.0. The standard InChI is InChI=1S/C15H26N4O3S/c1-11(2)8-18-9-14(16-10-18)23(21,22)17-15(20)13-6-5-7-19(13)12(3)4/h9-13H,5-8H2,1-4H3,(H,17,20). The van der Waals surface area contributed by atoms with E-state index >= 15 is 0 Å². The molecule has 1 aliphatic heterocycles. The van der Waals surface area contributed by atoms with Gasteiger partial charge in [-0.2, -0.15) is 8.42 Å². The number of sulfonamides is 1. The van der Waals surface area contributed by atoms with Gasteiger partial charge in [-0.3, -0.25) is 9.69 Å². The Balaban J connectivity index is 2.08. The maximum absolute atomic E-state index is 12.4. The number of nitrogens with one attached hydrogen (secondary N) is 1. The van der Waals surface area contributed by atoms with Crippen molar-refractivity contribution in [1.82, 2.24) is 19.2 Å². The highest BCUT2D eigenvalue weighted by atomic mass is 32.2. The zero-order chi connectivity index (χ0) is 17.2. The minimum Gasteiger partial charge on any atom is -0.336 e. The Morgan fingerprint density at radius 2 is 2.09 bits per heavy atom. The van der Waals surface area contributed by atoms with Crippen molar-refractivity contribution in [2.45, 2.75) is 64.2 Å². The summed E-state index contributed by atoms with van der Waals surface area (Å²) in [6.45, 7) is 9.59. The number of rotatable bonds is 6. The first-order valence-corrected chi connectivity index (χ1v) is 9.53. The average molecular weight is 342 g/mol. The highest BCUT2D eigenvalue weighted by Gasteiger charge is 2.34. The predicted octanol–water partition coefficient (Wildman–Crippen LogP) is 1.22. The van der Waals surface area contributed by atoms with E-state index in [-0.39, 0.29) is 17.1 Å². The molecule has 1 unspecified atom stereocenters. The van der Waals surface area contributed by atoms with E-state index in [9.17, 15) is 13.2 Å². The van der Waals surface area contributed by atoms with Crippen LogP contribution in [0.2, 0.25) is 0 Å².